The van der Waals surface area contributed by atoms with Crippen LogP contribution in [0.5, 0.6) is 0 Å². The number of halogens is 3. The summed E-state index contributed by atoms with van der Waals surface area (Å²) in [6.07, 6.45) is -0.509. The van der Waals surface area contributed by atoms with Crippen LogP contribution < -0.4 is 5.32 Å². The molecule has 1 saturated carbocycles. The van der Waals surface area contributed by atoms with Crippen LogP contribution in [0.25, 0.3) is 0 Å². The Hall–Kier alpha value is -1.03. The number of rotatable bonds is 6. The van der Waals surface area contributed by atoms with E-state index in [2.05, 4.69) is 12.2 Å². The number of hydrogen-bond donors (Lipinski definition) is 1. The highest BCUT2D eigenvalue weighted by atomic mass is 19.4. The molecule has 106 valence electrons. The molecule has 0 amide bonds. The van der Waals surface area contributed by atoms with Crippen molar-refractivity contribution >= 4 is 0 Å². The number of nitrogens with one attached hydrogen (secondary N) is 1. The van der Waals surface area contributed by atoms with Crippen molar-refractivity contribution in [3.63, 3.8) is 0 Å². The Balaban J connectivity index is 2.12. The van der Waals surface area contributed by atoms with Gasteiger partial charge in [-0.15, -0.1) is 0 Å². The SMILES string of the molecule is CCCNC(Cc1ccccc1C(F)(F)F)C1CC1. The monoisotopic (exact) mass is 271 g/mol. The first-order chi connectivity index (χ1) is 9.02. The predicted molar refractivity (Wildman–Crippen MR) is 70.0 cm³/mol. The molecule has 2 rings (SSSR count). The van der Waals surface area contributed by atoms with E-state index < -0.39 is 11.7 Å². The maximum absolute atomic E-state index is 12.9. The molecule has 1 aliphatic carbocycles. The zero-order chi connectivity index (χ0) is 13.9. The van der Waals surface area contributed by atoms with Gasteiger partial charge in [0.05, 0.1) is 5.56 Å². The summed E-state index contributed by atoms with van der Waals surface area (Å²) >= 11 is 0. The summed E-state index contributed by atoms with van der Waals surface area (Å²) in [5.41, 5.74) is -0.0746. The molecule has 0 spiro atoms. The molecule has 1 aromatic carbocycles. The predicted octanol–water partition coefficient (Wildman–Crippen LogP) is 4.03. The minimum Gasteiger partial charge on any atom is -0.313 e. The van der Waals surface area contributed by atoms with E-state index in [-0.39, 0.29) is 6.04 Å². The van der Waals surface area contributed by atoms with Crippen molar-refractivity contribution in [3.8, 4) is 0 Å². The van der Waals surface area contributed by atoms with Crippen LogP contribution in [0.1, 0.15) is 37.3 Å². The van der Waals surface area contributed by atoms with E-state index in [0.717, 1.165) is 25.8 Å². The lowest BCUT2D eigenvalue weighted by Gasteiger charge is -2.20. The minimum atomic E-state index is -4.25. The lowest BCUT2D eigenvalue weighted by Crippen LogP contribution is -2.34. The molecule has 1 nitrogen and oxygen atoms in total. The molecule has 1 unspecified atom stereocenters. The second-order valence-corrected chi connectivity index (χ2v) is 5.26. The molecule has 0 heterocycles. The highest BCUT2D eigenvalue weighted by Crippen LogP contribution is 2.37. The molecule has 1 atom stereocenters. The van der Waals surface area contributed by atoms with Crippen molar-refractivity contribution in [1.29, 1.82) is 0 Å². The first-order valence-corrected chi connectivity index (χ1v) is 6.91. The van der Waals surface area contributed by atoms with Gasteiger partial charge in [0.2, 0.25) is 0 Å². The van der Waals surface area contributed by atoms with E-state index in [0.29, 0.717) is 17.9 Å². The molecule has 0 bridgehead atoms. The Kier molecular flexibility index (Phi) is 4.50. The van der Waals surface area contributed by atoms with Gasteiger partial charge in [-0.2, -0.15) is 13.2 Å². The van der Waals surface area contributed by atoms with Crippen molar-refractivity contribution in [2.24, 2.45) is 5.92 Å². The van der Waals surface area contributed by atoms with Crippen molar-refractivity contribution in [2.75, 3.05) is 6.54 Å². The van der Waals surface area contributed by atoms with Crippen LogP contribution in [-0.2, 0) is 12.6 Å². The normalized spacial score (nSPS) is 17.5. The summed E-state index contributed by atoms with van der Waals surface area (Å²) in [6, 6.07) is 6.11. The van der Waals surface area contributed by atoms with Crippen LogP contribution in [-0.4, -0.2) is 12.6 Å². The van der Waals surface area contributed by atoms with Gasteiger partial charge in [0, 0.05) is 6.04 Å². The number of benzene rings is 1. The van der Waals surface area contributed by atoms with Crippen molar-refractivity contribution in [2.45, 2.75) is 44.8 Å². The van der Waals surface area contributed by atoms with Gasteiger partial charge < -0.3 is 5.32 Å². The smallest absolute Gasteiger partial charge is 0.313 e. The van der Waals surface area contributed by atoms with Crippen LogP contribution in [0.4, 0.5) is 13.2 Å². The maximum Gasteiger partial charge on any atom is 0.416 e. The molecular weight excluding hydrogens is 251 g/mol. The van der Waals surface area contributed by atoms with Gasteiger partial charge in [0.15, 0.2) is 0 Å². The summed E-state index contributed by atoms with van der Waals surface area (Å²) in [4.78, 5) is 0. The molecule has 4 heteroatoms. The van der Waals surface area contributed by atoms with E-state index in [1.54, 1.807) is 12.1 Å². The van der Waals surface area contributed by atoms with E-state index >= 15 is 0 Å². The van der Waals surface area contributed by atoms with Crippen LogP contribution in [0.15, 0.2) is 24.3 Å². The quantitative estimate of drug-likeness (QED) is 0.823. The fourth-order valence-corrected chi connectivity index (χ4v) is 2.45. The lowest BCUT2D eigenvalue weighted by atomic mass is 9.97. The second-order valence-electron chi connectivity index (χ2n) is 5.26. The molecule has 0 aliphatic heterocycles. The summed E-state index contributed by atoms with van der Waals surface area (Å²) in [7, 11) is 0. The summed E-state index contributed by atoms with van der Waals surface area (Å²) in [6.45, 7) is 2.94. The van der Waals surface area contributed by atoms with Crippen molar-refractivity contribution in [1.82, 2.24) is 5.32 Å². The Bertz CT molecular complexity index is 410. The van der Waals surface area contributed by atoms with Crippen molar-refractivity contribution in [3.05, 3.63) is 35.4 Å². The van der Waals surface area contributed by atoms with Gasteiger partial charge in [-0.25, -0.2) is 0 Å². The van der Waals surface area contributed by atoms with E-state index in [1.807, 2.05) is 0 Å². The topological polar surface area (TPSA) is 12.0 Å². The zero-order valence-corrected chi connectivity index (χ0v) is 11.1. The molecule has 0 radical (unpaired) electrons. The van der Waals surface area contributed by atoms with Gasteiger partial charge in [0.1, 0.15) is 0 Å². The van der Waals surface area contributed by atoms with Crippen molar-refractivity contribution < 1.29 is 13.2 Å². The van der Waals surface area contributed by atoms with E-state index in [1.165, 1.54) is 12.1 Å². The average Bonchev–Trinajstić information content (AvgIpc) is 3.18. The summed E-state index contributed by atoms with van der Waals surface area (Å²) in [5.74, 6) is 0.549. The van der Waals surface area contributed by atoms with Gasteiger partial charge in [-0.1, -0.05) is 25.1 Å². The zero-order valence-electron chi connectivity index (χ0n) is 11.1. The van der Waals surface area contributed by atoms with Gasteiger partial charge in [-0.3, -0.25) is 0 Å². The van der Waals surface area contributed by atoms with Gasteiger partial charge in [0.25, 0.3) is 0 Å². The standard InChI is InChI=1S/C15H20F3N/c1-2-9-19-14(11-7-8-11)10-12-5-3-4-6-13(12)15(16,17)18/h3-6,11,14,19H,2,7-10H2,1H3. The first-order valence-electron chi connectivity index (χ1n) is 6.91. The molecule has 1 aromatic rings. The summed E-state index contributed by atoms with van der Waals surface area (Å²) in [5, 5.41) is 3.39. The Morgan fingerprint density at radius 1 is 1.26 bits per heavy atom. The fraction of sp³-hybridized carbons (Fsp3) is 0.600. The fourth-order valence-electron chi connectivity index (χ4n) is 2.45. The molecule has 1 fully saturated rings. The number of hydrogen-bond acceptors (Lipinski definition) is 1. The third-order valence-electron chi connectivity index (χ3n) is 3.61. The van der Waals surface area contributed by atoms with Crippen LogP contribution in [0.2, 0.25) is 0 Å². The second kappa shape index (κ2) is 5.95. The highest BCUT2D eigenvalue weighted by Gasteiger charge is 2.36. The highest BCUT2D eigenvalue weighted by molar-refractivity contribution is 5.30. The van der Waals surface area contributed by atoms with Crippen LogP contribution in [0, 0.1) is 5.92 Å². The van der Waals surface area contributed by atoms with Crippen LogP contribution in [0.3, 0.4) is 0 Å². The summed E-state index contributed by atoms with van der Waals surface area (Å²) < 4.78 is 38.8. The third-order valence-corrected chi connectivity index (χ3v) is 3.61. The Morgan fingerprint density at radius 3 is 2.53 bits per heavy atom. The molecule has 0 saturated heterocycles. The molecule has 0 aromatic heterocycles. The largest absolute Gasteiger partial charge is 0.416 e. The van der Waals surface area contributed by atoms with E-state index in [9.17, 15) is 13.2 Å². The first kappa shape index (κ1) is 14.4. The van der Waals surface area contributed by atoms with Crippen LogP contribution >= 0.6 is 0 Å². The lowest BCUT2D eigenvalue weighted by molar-refractivity contribution is -0.138. The molecule has 1 aliphatic rings. The minimum absolute atomic E-state index is 0.184. The van der Waals surface area contributed by atoms with Gasteiger partial charge >= 0.3 is 6.18 Å². The Morgan fingerprint density at radius 2 is 1.95 bits per heavy atom. The third kappa shape index (κ3) is 3.96. The van der Waals surface area contributed by atoms with Gasteiger partial charge in [-0.05, 0) is 49.8 Å². The molecular formula is C15H20F3N. The molecule has 1 N–H and O–H groups in total. The number of alkyl halides is 3. The maximum atomic E-state index is 12.9. The molecule has 19 heavy (non-hydrogen) atoms. The average molecular weight is 271 g/mol. The Labute approximate surface area is 112 Å². The van der Waals surface area contributed by atoms with E-state index in [4.69, 9.17) is 0 Å².